The number of amides is 1. The zero-order chi connectivity index (χ0) is 12.6. The van der Waals surface area contributed by atoms with Crippen molar-refractivity contribution in [2.45, 2.75) is 52.4 Å². The molecule has 17 heavy (non-hydrogen) atoms. The lowest BCUT2D eigenvalue weighted by Gasteiger charge is -2.32. The van der Waals surface area contributed by atoms with E-state index in [4.69, 9.17) is 0 Å². The minimum absolute atomic E-state index is 0.0213. The number of carbonyl (C=O) groups is 1. The van der Waals surface area contributed by atoms with Gasteiger partial charge in [0.2, 0.25) is 5.91 Å². The second-order valence-corrected chi connectivity index (χ2v) is 6.99. The third kappa shape index (κ3) is 2.48. The van der Waals surface area contributed by atoms with E-state index in [0.29, 0.717) is 23.8 Å². The third-order valence-electron chi connectivity index (χ3n) is 3.77. The Morgan fingerprint density at radius 1 is 1.29 bits per heavy atom. The van der Waals surface area contributed by atoms with Gasteiger partial charge in [-0.3, -0.25) is 10.1 Å². The smallest absolute Gasteiger partial charge is 0.241 e. The van der Waals surface area contributed by atoms with Crippen molar-refractivity contribution in [3.63, 3.8) is 0 Å². The molecule has 3 nitrogen and oxygen atoms in total. The van der Waals surface area contributed by atoms with Gasteiger partial charge in [0.25, 0.3) is 0 Å². The first kappa shape index (κ1) is 13.2. The number of nitrogens with zero attached hydrogens (tertiary/aromatic N) is 1. The molecule has 2 aliphatic heterocycles. The summed E-state index contributed by atoms with van der Waals surface area (Å²) in [4.78, 5) is 14.7. The molecule has 2 rings (SSSR count). The summed E-state index contributed by atoms with van der Waals surface area (Å²) in [7, 11) is 0. The molecule has 1 N–H and O–H groups in total. The fourth-order valence-corrected chi connectivity index (χ4v) is 3.98. The summed E-state index contributed by atoms with van der Waals surface area (Å²) in [5.41, 5.74) is 0. The van der Waals surface area contributed by atoms with E-state index in [1.807, 2.05) is 11.8 Å². The second-order valence-electron chi connectivity index (χ2n) is 5.84. The fraction of sp³-hybridized carbons (Fsp3) is 0.923. The molecule has 2 saturated heterocycles. The van der Waals surface area contributed by atoms with Crippen LogP contribution in [0.2, 0.25) is 0 Å². The van der Waals surface area contributed by atoms with Crippen molar-refractivity contribution in [3.8, 4) is 0 Å². The summed E-state index contributed by atoms with van der Waals surface area (Å²) in [6.45, 7) is 8.64. The van der Waals surface area contributed by atoms with Gasteiger partial charge in [0.1, 0.15) is 0 Å². The van der Waals surface area contributed by atoms with Crippen LogP contribution in [0.25, 0.3) is 0 Å². The Hall–Kier alpha value is -0.220. The molecule has 98 valence electrons. The van der Waals surface area contributed by atoms with Gasteiger partial charge in [0.15, 0.2) is 0 Å². The van der Waals surface area contributed by atoms with E-state index >= 15 is 0 Å². The van der Waals surface area contributed by atoms with Crippen molar-refractivity contribution in [2.24, 2.45) is 11.8 Å². The number of hydrogen-bond donors (Lipinski definition) is 1. The van der Waals surface area contributed by atoms with Crippen LogP contribution in [-0.4, -0.2) is 40.6 Å². The van der Waals surface area contributed by atoms with Gasteiger partial charge in [-0.05, 0) is 24.0 Å². The summed E-state index contributed by atoms with van der Waals surface area (Å²) in [5.74, 6) is 3.50. The summed E-state index contributed by atoms with van der Waals surface area (Å²) < 4.78 is 0. The molecular weight excluding hydrogens is 232 g/mol. The molecule has 2 fully saturated rings. The van der Waals surface area contributed by atoms with Crippen LogP contribution in [-0.2, 0) is 4.79 Å². The number of thioether (sulfide) groups is 1. The highest BCUT2D eigenvalue weighted by molar-refractivity contribution is 7.99. The highest BCUT2D eigenvalue weighted by atomic mass is 32.2. The molecule has 0 bridgehead atoms. The average molecular weight is 256 g/mol. The topological polar surface area (TPSA) is 32.3 Å². The maximum Gasteiger partial charge on any atom is 0.241 e. The summed E-state index contributed by atoms with van der Waals surface area (Å²) >= 11 is 1.97. The van der Waals surface area contributed by atoms with Crippen molar-refractivity contribution < 1.29 is 4.79 Å². The lowest BCUT2D eigenvalue weighted by Crippen LogP contribution is -2.47. The van der Waals surface area contributed by atoms with Crippen LogP contribution >= 0.6 is 11.8 Å². The molecule has 2 heterocycles. The first-order valence-electron chi connectivity index (χ1n) is 6.68. The minimum Gasteiger partial charge on any atom is -0.322 e. The Kier molecular flexibility index (Phi) is 4.03. The largest absolute Gasteiger partial charge is 0.322 e. The van der Waals surface area contributed by atoms with E-state index in [9.17, 15) is 4.79 Å². The highest BCUT2D eigenvalue weighted by Crippen LogP contribution is 2.30. The van der Waals surface area contributed by atoms with E-state index < -0.39 is 0 Å². The molecule has 0 aromatic carbocycles. The monoisotopic (exact) mass is 256 g/mol. The molecule has 1 amide bonds. The lowest BCUT2D eigenvalue weighted by molar-refractivity contribution is -0.133. The van der Waals surface area contributed by atoms with Gasteiger partial charge in [-0.1, -0.05) is 27.7 Å². The summed E-state index contributed by atoms with van der Waals surface area (Å²) in [6, 6.07) is 0.476. The molecule has 3 unspecified atom stereocenters. The van der Waals surface area contributed by atoms with Crippen LogP contribution in [0.5, 0.6) is 0 Å². The van der Waals surface area contributed by atoms with Crippen molar-refractivity contribution in [3.05, 3.63) is 0 Å². The van der Waals surface area contributed by atoms with Gasteiger partial charge in [0.05, 0.1) is 12.2 Å². The van der Waals surface area contributed by atoms with Crippen LogP contribution in [0.15, 0.2) is 0 Å². The van der Waals surface area contributed by atoms with Crippen molar-refractivity contribution in [1.29, 1.82) is 0 Å². The molecule has 3 atom stereocenters. The van der Waals surface area contributed by atoms with Crippen LogP contribution in [0, 0.1) is 11.8 Å². The molecule has 0 radical (unpaired) electrons. The maximum absolute atomic E-state index is 12.5. The predicted molar refractivity (Wildman–Crippen MR) is 73.0 cm³/mol. The molecular formula is C13H24N2OS. The number of hydrogen-bond acceptors (Lipinski definition) is 3. The Morgan fingerprint density at radius 2 is 2.00 bits per heavy atom. The van der Waals surface area contributed by atoms with E-state index in [2.05, 4.69) is 37.9 Å². The van der Waals surface area contributed by atoms with E-state index in [1.54, 1.807) is 0 Å². The molecule has 0 saturated carbocycles. The van der Waals surface area contributed by atoms with Crippen molar-refractivity contribution in [1.82, 2.24) is 10.2 Å². The van der Waals surface area contributed by atoms with Gasteiger partial charge >= 0.3 is 0 Å². The molecule has 2 aliphatic rings. The molecule has 0 aromatic heterocycles. The third-order valence-corrected chi connectivity index (χ3v) is 4.91. The molecule has 0 aliphatic carbocycles. The Balaban J connectivity index is 2.17. The maximum atomic E-state index is 12.5. The first-order valence-corrected chi connectivity index (χ1v) is 7.83. The van der Waals surface area contributed by atoms with E-state index in [0.717, 1.165) is 12.2 Å². The number of nitrogens with one attached hydrogen (secondary N) is 1. The zero-order valence-corrected chi connectivity index (χ0v) is 12.1. The van der Waals surface area contributed by atoms with E-state index in [1.165, 1.54) is 5.75 Å². The van der Waals surface area contributed by atoms with Crippen LogP contribution in [0.4, 0.5) is 0 Å². The number of carbonyl (C=O) groups excluding carboxylic acids is 1. The highest BCUT2D eigenvalue weighted by Gasteiger charge is 2.45. The quantitative estimate of drug-likeness (QED) is 0.837. The fourth-order valence-electron chi connectivity index (χ4n) is 2.77. The van der Waals surface area contributed by atoms with Gasteiger partial charge in [0, 0.05) is 11.8 Å². The standard InChI is InChI=1S/C13H24N2OS/c1-8(2)11-13(16)15(10-5-6-17-7-10)12(14-11)9(3)4/h8-12,14H,5-7H2,1-4H3. The predicted octanol–water partition coefficient (Wildman–Crippen LogP) is 1.93. The zero-order valence-electron chi connectivity index (χ0n) is 11.3. The van der Waals surface area contributed by atoms with Gasteiger partial charge in [-0.15, -0.1) is 0 Å². The van der Waals surface area contributed by atoms with Gasteiger partial charge in [-0.2, -0.15) is 11.8 Å². The normalized spacial score (nSPS) is 34.4. The molecule has 0 spiro atoms. The van der Waals surface area contributed by atoms with Crippen LogP contribution in [0.3, 0.4) is 0 Å². The van der Waals surface area contributed by atoms with Crippen molar-refractivity contribution in [2.75, 3.05) is 11.5 Å². The van der Waals surface area contributed by atoms with Crippen LogP contribution in [0.1, 0.15) is 34.1 Å². The molecule has 0 aromatic rings. The van der Waals surface area contributed by atoms with Gasteiger partial charge < -0.3 is 4.90 Å². The number of rotatable bonds is 3. The summed E-state index contributed by atoms with van der Waals surface area (Å²) in [6.07, 6.45) is 1.39. The van der Waals surface area contributed by atoms with Crippen molar-refractivity contribution >= 4 is 17.7 Å². The van der Waals surface area contributed by atoms with Crippen LogP contribution < -0.4 is 5.32 Å². The summed E-state index contributed by atoms with van der Waals surface area (Å²) in [5, 5.41) is 3.53. The minimum atomic E-state index is 0.0213. The Morgan fingerprint density at radius 3 is 2.47 bits per heavy atom. The first-order chi connectivity index (χ1) is 8.02. The SMILES string of the molecule is CC(C)C1NC(C(C)C)N(C2CCSC2)C1=O. The van der Waals surface area contributed by atoms with E-state index in [-0.39, 0.29) is 12.2 Å². The average Bonchev–Trinajstić information content (AvgIpc) is 2.83. The molecule has 4 heteroatoms. The van der Waals surface area contributed by atoms with Gasteiger partial charge in [-0.25, -0.2) is 0 Å². The lowest BCUT2D eigenvalue weighted by atomic mass is 10.0. The Labute approximate surface area is 109 Å². The second kappa shape index (κ2) is 5.19. The Bertz CT molecular complexity index is 287.